The smallest absolute Gasteiger partial charge is 0.134 e. The van der Waals surface area contributed by atoms with Crippen molar-refractivity contribution in [1.82, 2.24) is 15.3 Å². The molecule has 18 heavy (non-hydrogen) atoms. The number of anilines is 2. The molecule has 1 aromatic heterocycles. The summed E-state index contributed by atoms with van der Waals surface area (Å²) in [5.74, 6) is 2.81. The summed E-state index contributed by atoms with van der Waals surface area (Å²) in [4.78, 5) is 11.3. The summed E-state index contributed by atoms with van der Waals surface area (Å²) < 4.78 is 0. The fourth-order valence-corrected chi connectivity index (χ4v) is 2.38. The van der Waals surface area contributed by atoms with Crippen molar-refractivity contribution in [3.63, 3.8) is 0 Å². The average molecular weight is 249 g/mol. The molecule has 2 N–H and O–H groups in total. The van der Waals surface area contributed by atoms with E-state index in [2.05, 4.69) is 38.5 Å². The standard InChI is InChI=1S/C13H23N5/c1-4-15-12-9-13(17-10(2)16-12)18-7-5-11(14-3)6-8-18/h9,11,14H,4-8H2,1-3H3,(H,15,16,17). The summed E-state index contributed by atoms with van der Waals surface area (Å²) in [6, 6.07) is 2.70. The lowest BCUT2D eigenvalue weighted by Crippen LogP contribution is -2.41. The highest BCUT2D eigenvalue weighted by Gasteiger charge is 2.19. The maximum absolute atomic E-state index is 4.55. The third kappa shape index (κ3) is 3.10. The van der Waals surface area contributed by atoms with Crippen LogP contribution in [0.2, 0.25) is 0 Å². The van der Waals surface area contributed by atoms with Gasteiger partial charge in [0.25, 0.3) is 0 Å². The van der Waals surface area contributed by atoms with E-state index in [-0.39, 0.29) is 0 Å². The molecule has 2 rings (SSSR count). The quantitative estimate of drug-likeness (QED) is 0.845. The Labute approximate surface area is 109 Å². The van der Waals surface area contributed by atoms with Crippen molar-refractivity contribution in [1.29, 1.82) is 0 Å². The number of hydrogen-bond donors (Lipinski definition) is 2. The lowest BCUT2D eigenvalue weighted by Gasteiger charge is -2.32. The second-order valence-electron chi connectivity index (χ2n) is 4.74. The Morgan fingerprint density at radius 1 is 1.33 bits per heavy atom. The van der Waals surface area contributed by atoms with Gasteiger partial charge in [-0.3, -0.25) is 0 Å². The maximum atomic E-state index is 4.55. The predicted octanol–water partition coefficient (Wildman–Crippen LogP) is 1.41. The average Bonchev–Trinajstić information content (AvgIpc) is 2.38. The van der Waals surface area contributed by atoms with E-state index in [4.69, 9.17) is 0 Å². The topological polar surface area (TPSA) is 53.1 Å². The van der Waals surface area contributed by atoms with Crippen LogP contribution in [-0.4, -0.2) is 42.7 Å². The van der Waals surface area contributed by atoms with Crippen LogP contribution in [0.3, 0.4) is 0 Å². The molecule has 0 aliphatic carbocycles. The highest BCUT2D eigenvalue weighted by Crippen LogP contribution is 2.20. The molecule has 1 aliphatic heterocycles. The van der Waals surface area contributed by atoms with Gasteiger partial charge in [-0.25, -0.2) is 9.97 Å². The summed E-state index contributed by atoms with van der Waals surface area (Å²) in [7, 11) is 2.04. The fraction of sp³-hybridized carbons (Fsp3) is 0.692. The molecule has 0 atom stereocenters. The Balaban J connectivity index is 2.08. The van der Waals surface area contributed by atoms with Gasteiger partial charge in [-0.2, -0.15) is 0 Å². The van der Waals surface area contributed by atoms with Crippen molar-refractivity contribution >= 4 is 11.6 Å². The van der Waals surface area contributed by atoms with Gasteiger partial charge in [-0.05, 0) is 33.7 Å². The van der Waals surface area contributed by atoms with Gasteiger partial charge < -0.3 is 15.5 Å². The van der Waals surface area contributed by atoms with Crippen LogP contribution >= 0.6 is 0 Å². The fourth-order valence-electron chi connectivity index (χ4n) is 2.38. The monoisotopic (exact) mass is 249 g/mol. The summed E-state index contributed by atoms with van der Waals surface area (Å²) in [6.07, 6.45) is 2.35. The Morgan fingerprint density at radius 3 is 2.67 bits per heavy atom. The molecule has 1 saturated heterocycles. The lowest BCUT2D eigenvalue weighted by molar-refractivity contribution is 0.440. The Hall–Kier alpha value is -1.36. The van der Waals surface area contributed by atoms with Crippen LogP contribution in [0, 0.1) is 6.92 Å². The number of nitrogens with zero attached hydrogens (tertiary/aromatic N) is 3. The van der Waals surface area contributed by atoms with Crippen molar-refractivity contribution in [3.8, 4) is 0 Å². The molecule has 5 nitrogen and oxygen atoms in total. The first kappa shape index (κ1) is 13.1. The SMILES string of the molecule is CCNc1cc(N2CCC(NC)CC2)nc(C)n1. The minimum atomic E-state index is 0.650. The number of aromatic nitrogens is 2. The van der Waals surface area contributed by atoms with E-state index in [1.165, 1.54) is 12.8 Å². The first-order chi connectivity index (χ1) is 8.72. The highest BCUT2D eigenvalue weighted by molar-refractivity contribution is 5.49. The van der Waals surface area contributed by atoms with E-state index < -0.39 is 0 Å². The molecule has 5 heteroatoms. The predicted molar refractivity (Wildman–Crippen MR) is 75.2 cm³/mol. The number of aryl methyl sites for hydroxylation is 1. The Kier molecular flexibility index (Phi) is 4.36. The Bertz CT molecular complexity index is 385. The molecule has 2 heterocycles. The third-order valence-corrected chi connectivity index (χ3v) is 3.41. The van der Waals surface area contributed by atoms with Crippen LogP contribution in [-0.2, 0) is 0 Å². The van der Waals surface area contributed by atoms with Crippen molar-refractivity contribution in [2.24, 2.45) is 0 Å². The van der Waals surface area contributed by atoms with Crippen LogP contribution in [0.25, 0.3) is 0 Å². The molecule has 100 valence electrons. The van der Waals surface area contributed by atoms with Gasteiger partial charge in [-0.15, -0.1) is 0 Å². The molecule has 0 radical (unpaired) electrons. The first-order valence-electron chi connectivity index (χ1n) is 6.74. The molecular weight excluding hydrogens is 226 g/mol. The maximum Gasteiger partial charge on any atom is 0.134 e. The van der Waals surface area contributed by atoms with E-state index >= 15 is 0 Å². The largest absolute Gasteiger partial charge is 0.370 e. The number of rotatable bonds is 4. The lowest BCUT2D eigenvalue weighted by atomic mass is 10.1. The van der Waals surface area contributed by atoms with Gasteiger partial charge in [0.1, 0.15) is 17.5 Å². The molecule has 1 aromatic rings. The van der Waals surface area contributed by atoms with Crippen LogP contribution < -0.4 is 15.5 Å². The first-order valence-corrected chi connectivity index (χ1v) is 6.74. The van der Waals surface area contributed by atoms with Crippen molar-refractivity contribution < 1.29 is 0 Å². The van der Waals surface area contributed by atoms with Gasteiger partial charge in [0, 0.05) is 31.7 Å². The Morgan fingerprint density at radius 2 is 2.06 bits per heavy atom. The second kappa shape index (κ2) is 6.00. The molecule has 0 spiro atoms. The molecule has 0 amide bonds. The van der Waals surface area contributed by atoms with E-state index in [0.29, 0.717) is 6.04 Å². The molecule has 0 saturated carbocycles. The van der Waals surface area contributed by atoms with Gasteiger partial charge >= 0.3 is 0 Å². The van der Waals surface area contributed by atoms with E-state index in [1.54, 1.807) is 0 Å². The molecular formula is C13H23N5. The molecule has 1 fully saturated rings. The normalized spacial score (nSPS) is 16.9. The third-order valence-electron chi connectivity index (χ3n) is 3.41. The summed E-state index contributed by atoms with van der Waals surface area (Å²) >= 11 is 0. The zero-order valence-corrected chi connectivity index (χ0v) is 11.5. The van der Waals surface area contributed by atoms with Crippen molar-refractivity contribution in [2.45, 2.75) is 32.7 Å². The number of hydrogen-bond acceptors (Lipinski definition) is 5. The summed E-state index contributed by atoms with van der Waals surface area (Å²) in [6.45, 7) is 7.04. The van der Waals surface area contributed by atoms with Crippen LogP contribution in [0.5, 0.6) is 0 Å². The summed E-state index contributed by atoms with van der Waals surface area (Å²) in [5, 5.41) is 6.60. The van der Waals surface area contributed by atoms with Crippen LogP contribution in [0.15, 0.2) is 6.07 Å². The molecule has 0 unspecified atom stereocenters. The zero-order valence-electron chi connectivity index (χ0n) is 11.5. The zero-order chi connectivity index (χ0) is 13.0. The number of nitrogens with one attached hydrogen (secondary N) is 2. The van der Waals surface area contributed by atoms with E-state index in [1.807, 2.05) is 14.0 Å². The van der Waals surface area contributed by atoms with Crippen LogP contribution in [0.4, 0.5) is 11.6 Å². The van der Waals surface area contributed by atoms with Gasteiger partial charge in [0.05, 0.1) is 0 Å². The molecule has 1 aliphatic rings. The number of piperidine rings is 1. The van der Waals surface area contributed by atoms with Gasteiger partial charge in [-0.1, -0.05) is 0 Å². The van der Waals surface area contributed by atoms with Crippen LogP contribution in [0.1, 0.15) is 25.6 Å². The van der Waals surface area contributed by atoms with Gasteiger partial charge in [0.2, 0.25) is 0 Å². The summed E-state index contributed by atoms with van der Waals surface area (Å²) in [5.41, 5.74) is 0. The van der Waals surface area contributed by atoms with Crippen molar-refractivity contribution in [2.75, 3.05) is 36.9 Å². The molecule has 0 bridgehead atoms. The highest BCUT2D eigenvalue weighted by atomic mass is 15.2. The van der Waals surface area contributed by atoms with Crippen molar-refractivity contribution in [3.05, 3.63) is 11.9 Å². The minimum Gasteiger partial charge on any atom is -0.370 e. The minimum absolute atomic E-state index is 0.650. The van der Waals surface area contributed by atoms with Gasteiger partial charge in [0.15, 0.2) is 0 Å². The van der Waals surface area contributed by atoms with E-state index in [9.17, 15) is 0 Å². The molecule has 0 aromatic carbocycles. The second-order valence-corrected chi connectivity index (χ2v) is 4.74. The van der Waals surface area contributed by atoms with E-state index in [0.717, 1.165) is 37.1 Å².